The lowest BCUT2D eigenvalue weighted by molar-refractivity contribution is -0.131. The van der Waals surface area contributed by atoms with E-state index < -0.39 is 53.1 Å². The topological polar surface area (TPSA) is 166 Å². The number of aromatic nitrogens is 2. The third kappa shape index (κ3) is 12.0. The maximum absolute atomic E-state index is 14.7. The zero-order valence-corrected chi connectivity index (χ0v) is 37.4. The number of benzene rings is 3. The number of ether oxygens (including phenoxy) is 1. The molecule has 3 heterocycles. The van der Waals surface area contributed by atoms with Gasteiger partial charge in [-0.3, -0.25) is 19.6 Å². The molecule has 1 fully saturated rings. The summed E-state index contributed by atoms with van der Waals surface area (Å²) in [6, 6.07) is 29.4. The molecule has 5 aromatic rings. The SMILES string of the molecule is COC(=O)NC(C(=O)N[C@@H](Cc1ccc(-c2ccccn2)cc1)C[C@H](O)[C@H](Cc1ccccc1)NC(=O)C(N1CCN(Cc2ccnc3ccccc23)C1=O)C(C)(C)C)C(C)(C)C. The molecule has 1 aliphatic rings. The summed E-state index contributed by atoms with van der Waals surface area (Å²) in [4.78, 5) is 67.8. The molecule has 2 aromatic heterocycles. The molecule has 6 rings (SSSR count). The van der Waals surface area contributed by atoms with Crippen molar-refractivity contribution in [1.82, 2.24) is 35.7 Å². The molecule has 0 spiro atoms. The Hall–Kier alpha value is -6.34. The first-order valence-electron chi connectivity index (χ1n) is 21.6. The van der Waals surface area contributed by atoms with Gasteiger partial charge in [-0.2, -0.15) is 0 Å². The van der Waals surface area contributed by atoms with E-state index >= 15 is 0 Å². The highest BCUT2D eigenvalue weighted by atomic mass is 16.5. The van der Waals surface area contributed by atoms with Crippen molar-refractivity contribution in [2.24, 2.45) is 10.8 Å². The molecule has 0 bridgehead atoms. The minimum absolute atomic E-state index is 0.0527. The average Bonchev–Trinajstić information content (AvgIpc) is 3.60. The Morgan fingerprint density at radius 2 is 1.41 bits per heavy atom. The molecule has 2 unspecified atom stereocenters. The van der Waals surface area contributed by atoms with Crippen LogP contribution in [0.25, 0.3) is 22.2 Å². The van der Waals surface area contributed by atoms with E-state index in [4.69, 9.17) is 4.74 Å². The fourth-order valence-electron chi connectivity index (χ4n) is 8.32. The van der Waals surface area contributed by atoms with Crippen molar-refractivity contribution in [3.8, 4) is 11.3 Å². The molecule has 3 aromatic carbocycles. The number of hydrogen-bond donors (Lipinski definition) is 4. The van der Waals surface area contributed by atoms with E-state index in [1.807, 2.05) is 145 Å². The molecule has 13 heteroatoms. The number of amides is 5. The van der Waals surface area contributed by atoms with E-state index in [9.17, 15) is 24.3 Å². The zero-order valence-electron chi connectivity index (χ0n) is 37.4. The Balaban J connectivity index is 1.26. The number of methoxy groups -OCH3 is 1. The van der Waals surface area contributed by atoms with Crippen LogP contribution in [0.3, 0.4) is 0 Å². The van der Waals surface area contributed by atoms with E-state index in [0.717, 1.165) is 38.9 Å². The van der Waals surface area contributed by atoms with Crippen LogP contribution in [0.4, 0.5) is 9.59 Å². The van der Waals surface area contributed by atoms with E-state index in [0.29, 0.717) is 26.1 Å². The van der Waals surface area contributed by atoms with Crippen LogP contribution in [0, 0.1) is 10.8 Å². The highest BCUT2D eigenvalue weighted by Gasteiger charge is 2.44. The van der Waals surface area contributed by atoms with Gasteiger partial charge in [0.05, 0.1) is 30.5 Å². The number of carbonyl (C=O) groups is 4. The van der Waals surface area contributed by atoms with Gasteiger partial charge < -0.3 is 35.6 Å². The first-order valence-corrected chi connectivity index (χ1v) is 21.6. The third-order valence-corrected chi connectivity index (χ3v) is 11.5. The van der Waals surface area contributed by atoms with Gasteiger partial charge in [0.15, 0.2) is 0 Å². The second-order valence-electron chi connectivity index (χ2n) is 18.5. The first-order chi connectivity index (χ1) is 30.0. The fourth-order valence-corrected chi connectivity index (χ4v) is 8.32. The number of rotatable bonds is 16. The summed E-state index contributed by atoms with van der Waals surface area (Å²) < 4.78 is 4.85. The van der Waals surface area contributed by atoms with Crippen LogP contribution in [0.2, 0.25) is 0 Å². The summed E-state index contributed by atoms with van der Waals surface area (Å²) in [5.74, 6) is -0.823. The molecule has 63 heavy (non-hydrogen) atoms. The van der Waals surface area contributed by atoms with Crippen LogP contribution in [-0.4, -0.2) is 99.3 Å². The molecular formula is C50H61N7O6. The average molecular weight is 856 g/mol. The number of nitrogens with zero attached hydrogens (tertiary/aromatic N) is 4. The van der Waals surface area contributed by atoms with Crippen LogP contribution in [0.15, 0.2) is 116 Å². The van der Waals surface area contributed by atoms with E-state index in [2.05, 4.69) is 25.9 Å². The molecule has 1 saturated heterocycles. The highest BCUT2D eigenvalue weighted by molar-refractivity contribution is 5.90. The Morgan fingerprint density at radius 3 is 2.08 bits per heavy atom. The Morgan fingerprint density at radius 1 is 0.730 bits per heavy atom. The van der Waals surface area contributed by atoms with E-state index in [1.54, 1.807) is 22.2 Å². The number of hydrogen-bond acceptors (Lipinski definition) is 8. The summed E-state index contributed by atoms with van der Waals surface area (Å²) in [5.41, 5.74) is 4.00. The van der Waals surface area contributed by atoms with E-state index in [1.165, 1.54) is 7.11 Å². The summed E-state index contributed by atoms with van der Waals surface area (Å²) in [6.07, 6.45) is 2.27. The number of fused-ring (bicyclic) bond motifs is 1. The van der Waals surface area contributed by atoms with Gasteiger partial charge in [-0.05, 0) is 71.0 Å². The number of aliphatic hydroxyl groups is 1. The normalized spacial score (nSPS) is 15.6. The van der Waals surface area contributed by atoms with Crippen LogP contribution in [-0.2, 0) is 33.7 Å². The number of aliphatic hydroxyl groups excluding tert-OH is 1. The van der Waals surface area contributed by atoms with Gasteiger partial charge in [0, 0.05) is 49.0 Å². The summed E-state index contributed by atoms with van der Waals surface area (Å²) in [5, 5.41) is 22.3. The van der Waals surface area contributed by atoms with Crippen molar-refractivity contribution in [2.45, 2.75) is 97.6 Å². The van der Waals surface area contributed by atoms with Crippen molar-refractivity contribution >= 4 is 34.8 Å². The number of carbonyl (C=O) groups excluding carboxylic acids is 4. The lowest BCUT2D eigenvalue weighted by Crippen LogP contribution is -2.59. The van der Waals surface area contributed by atoms with Gasteiger partial charge in [-0.15, -0.1) is 0 Å². The number of alkyl carbamates (subject to hydrolysis) is 1. The molecule has 5 amide bonds. The molecular weight excluding hydrogens is 795 g/mol. The van der Waals surface area contributed by atoms with Gasteiger partial charge in [0.1, 0.15) is 12.1 Å². The summed E-state index contributed by atoms with van der Waals surface area (Å²) >= 11 is 0. The molecule has 1 aliphatic heterocycles. The summed E-state index contributed by atoms with van der Waals surface area (Å²) in [6.45, 7) is 12.5. The van der Waals surface area contributed by atoms with Crippen molar-refractivity contribution in [1.29, 1.82) is 0 Å². The lowest BCUT2D eigenvalue weighted by Gasteiger charge is -2.38. The fraction of sp³-hybridized carbons (Fsp3) is 0.400. The number of urea groups is 1. The lowest BCUT2D eigenvalue weighted by atomic mass is 9.84. The van der Waals surface area contributed by atoms with Crippen molar-refractivity contribution in [3.05, 3.63) is 132 Å². The van der Waals surface area contributed by atoms with Crippen molar-refractivity contribution in [3.63, 3.8) is 0 Å². The molecule has 332 valence electrons. The van der Waals surface area contributed by atoms with Gasteiger partial charge in [0.2, 0.25) is 11.8 Å². The minimum atomic E-state index is -1.15. The second-order valence-corrected chi connectivity index (χ2v) is 18.5. The maximum atomic E-state index is 14.7. The van der Waals surface area contributed by atoms with Crippen LogP contribution in [0.5, 0.6) is 0 Å². The van der Waals surface area contributed by atoms with Crippen LogP contribution < -0.4 is 16.0 Å². The van der Waals surface area contributed by atoms with Gasteiger partial charge in [-0.25, -0.2) is 9.59 Å². The predicted octanol–water partition coefficient (Wildman–Crippen LogP) is 6.93. The largest absolute Gasteiger partial charge is 0.453 e. The highest BCUT2D eigenvalue weighted by Crippen LogP contribution is 2.30. The second kappa shape index (κ2) is 20.2. The van der Waals surface area contributed by atoms with E-state index in [-0.39, 0.29) is 24.8 Å². The van der Waals surface area contributed by atoms with Gasteiger partial charge >= 0.3 is 12.1 Å². The number of nitrogens with one attached hydrogen (secondary N) is 3. The zero-order chi connectivity index (χ0) is 45.3. The van der Waals surface area contributed by atoms with Crippen LogP contribution >= 0.6 is 0 Å². The minimum Gasteiger partial charge on any atom is -0.453 e. The Labute approximate surface area is 370 Å². The monoisotopic (exact) mass is 855 g/mol. The quantitative estimate of drug-likeness (QED) is 0.0830. The van der Waals surface area contributed by atoms with Gasteiger partial charge in [-0.1, -0.05) is 120 Å². The van der Waals surface area contributed by atoms with Crippen molar-refractivity contribution < 1.29 is 29.0 Å². The molecule has 4 N–H and O–H groups in total. The molecule has 0 aliphatic carbocycles. The smallest absolute Gasteiger partial charge is 0.407 e. The number of pyridine rings is 2. The molecule has 5 atom stereocenters. The maximum Gasteiger partial charge on any atom is 0.407 e. The van der Waals surface area contributed by atoms with Gasteiger partial charge in [0.25, 0.3) is 0 Å². The molecule has 0 radical (unpaired) electrons. The predicted molar refractivity (Wildman–Crippen MR) is 244 cm³/mol. The third-order valence-electron chi connectivity index (χ3n) is 11.5. The van der Waals surface area contributed by atoms with Crippen molar-refractivity contribution in [2.75, 3.05) is 20.2 Å². The number of para-hydroxylation sites is 1. The Kier molecular flexibility index (Phi) is 14.8. The standard InChI is InChI=1S/C50H61N7O6/c1-49(2,3)43(55-47(61)63-7)45(59)53-37(29-34-20-22-35(23-21-34)39-18-13-14-25-51-39)31-42(58)41(30-33-15-9-8-10-16-33)54-46(60)44(50(4,5)6)57-28-27-56(48(57)62)32-36-24-26-52-40-19-12-11-17-38(36)40/h8-26,37,41-44,58H,27-32H2,1-7H3,(H,53,59)(H,54,60)(H,55,61)/t37-,41-,42-,43?,44?/m0/s1. The van der Waals surface area contributed by atoms with Crippen LogP contribution in [0.1, 0.15) is 64.7 Å². The molecule has 13 nitrogen and oxygen atoms in total. The molecule has 0 saturated carbocycles. The first kappa shape index (κ1) is 46.2. The Bertz CT molecular complexity index is 2320. The summed E-state index contributed by atoms with van der Waals surface area (Å²) in [7, 11) is 1.24.